The standard InChI is InChI=1S/C9H18N2O/c1-3-5-6-7-9(11-10)8-12-4-2/h1,9,11H,4-8,10H2,2H3. The highest BCUT2D eigenvalue weighted by atomic mass is 16.5. The minimum Gasteiger partial charge on any atom is -0.380 e. The monoisotopic (exact) mass is 170 g/mol. The van der Waals surface area contributed by atoms with Gasteiger partial charge in [0.05, 0.1) is 6.61 Å². The first-order valence-corrected chi connectivity index (χ1v) is 4.32. The van der Waals surface area contributed by atoms with E-state index in [0.717, 1.165) is 25.9 Å². The second-order valence-electron chi connectivity index (χ2n) is 2.62. The van der Waals surface area contributed by atoms with Gasteiger partial charge in [-0.1, -0.05) is 0 Å². The minimum absolute atomic E-state index is 0.235. The number of hydrogen-bond donors (Lipinski definition) is 2. The Morgan fingerprint density at radius 1 is 1.67 bits per heavy atom. The van der Waals surface area contributed by atoms with Gasteiger partial charge in [0.2, 0.25) is 0 Å². The molecule has 0 spiro atoms. The summed E-state index contributed by atoms with van der Waals surface area (Å²) in [4.78, 5) is 0. The van der Waals surface area contributed by atoms with Crippen molar-refractivity contribution in [1.29, 1.82) is 0 Å². The van der Waals surface area contributed by atoms with Gasteiger partial charge in [0, 0.05) is 19.1 Å². The normalized spacial score (nSPS) is 12.4. The summed E-state index contributed by atoms with van der Waals surface area (Å²) in [6, 6.07) is 0.235. The Morgan fingerprint density at radius 2 is 2.42 bits per heavy atom. The SMILES string of the molecule is C#CCCCC(COCC)NN. The van der Waals surface area contributed by atoms with Crippen LogP contribution in [-0.2, 0) is 4.74 Å². The van der Waals surface area contributed by atoms with Gasteiger partial charge in [0.15, 0.2) is 0 Å². The van der Waals surface area contributed by atoms with Crippen LogP contribution in [-0.4, -0.2) is 19.3 Å². The zero-order valence-electron chi connectivity index (χ0n) is 7.68. The lowest BCUT2D eigenvalue weighted by Crippen LogP contribution is -2.38. The summed E-state index contributed by atoms with van der Waals surface area (Å²) in [7, 11) is 0. The van der Waals surface area contributed by atoms with Gasteiger partial charge in [-0.2, -0.15) is 0 Å². The molecule has 0 aromatic rings. The van der Waals surface area contributed by atoms with E-state index >= 15 is 0 Å². The van der Waals surface area contributed by atoms with E-state index in [2.05, 4.69) is 11.3 Å². The molecule has 0 heterocycles. The van der Waals surface area contributed by atoms with Crippen molar-refractivity contribution in [1.82, 2.24) is 5.43 Å². The second kappa shape index (κ2) is 8.54. The smallest absolute Gasteiger partial charge is 0.0632 e. The van der Waals surface area contributed by atoms with Crippen molar-refractivity contribution in [3.05, 3.63) is 0 Å². The highest BCUT2D eigenvalue weighted by Gasteiger charge is 2.04. The van der Waals surface area contributed by atoms with E-state index in [4.69, 9.17) is 17.0 Å². The van der Waals surface area contributed by atoms with Gasteiger partial charge in [0.1, 0.15) is 0 Å². The molecule has 0 fully saturated rings. The molecule has 0 aliphatic rings. The lowest BCUT2D eigenvalue weighted by Gasteiger charge is -2.14. The fraction of sp³-hybridized carbons (Fsp3) is 0.778. The average molecular weight is 170 g/mol. The fourth-order valence-corrected chi connectivity index (χ4v) is 0.925. The van der Waals surface area contributed by atoms with Gasteiger partial charge in [-0.15, -0.1) is 12.3 Å². The van der Waals surface area contributed by atoms with E-state index < -0.39 is 0 Å². The third-order valence-corrected chi connectivity index (χ3v) is 1.63. The summed E-state index contributed by atoms with van der Waals surface area (Å²) < 4.78 is 5.22. The van der Waals surface area contributed by atoms with E-state index in [1.54, 1.807) is 0 Å². The molecule has 0 rings (SSSR count). The van der Waals surface area contributed by atoms with Crippen LogP contribution >= 0.6 is 0 Å². The van der Waals surface area contributed by atoms with Crippen LogP contribution in [0.1, 0.15) is 26.2 Å². The van der Waals surface area contributed by atoms with Crippen molar-refractivity contribution >= 4 is 0 Å². The first-order chi connectivity index (χ1) is 5.85. The van der Waals surface area contributed by atoms with Crippen LogP contribution in [0.3, 0.4) is 0 Å². The van der Waals surface area contributed by atoms with Gasteiger partial charge in [-0.3, -0.25) is 11.3 Å². The number of nitrogens with one attached hydrogen (secondary N) is 1. The molecular formula is C9H18N2O. The van der Waals surface area contributed by atoms with Crippen LogP contribution in [0.15, 0.2) is 0 Å². The Kier molecular flexibility index (Phi) is 8.14. The molecule has 12 heavy (non-hydrogen) atoms. The molecule has 70 valence electrons. The van der Waals surface area contributed by atoms with E-state index in [-0.39, 0.29) is 6.04 Å². The molecule has 0 aliphatic heterocycles. The topological polar surface area (TPSA) is 47.3 Å². The molecule has 3 N–H and O–H groups in total. The number of hydrogen-bond acceptors (Lipinski definition) is 3. The van der Waals surface area contributed by atoms with Crippen LogP contribution in [0.25, 0.3) is 0 Å². The molecule has 0 bridgehead atoms. The molecule has 1 unspecified atom stereocenters. The molecule has 0 amide bonds. The third-order valence-electron chi connectivity index (χ3n) is 1.63. The van der Waals surface area contributed by atoms with Crippen molar-refractivity contribution in [3.8, 4) is 12.3 Å². The maximum absolute atomic E-state index is 5.31. The van der Waals surface area contributed by atoms with Gasteiger partial charge in [-0.25, -0.2) is 0 Å². The second-order valence-corrected chi connectivity index (χ2v) is 2.62. The van der Waals surface area contributed by atoms with E-state index in [1.807, 2.05) is 6.92 Å². The van der Waals surface area contributed by atoms with E-state index in [0.29, 0.717) is 6.61 Å². The molecule has 1 atom stereocenters. The third kappa shape index (κ3) is 6.17. The molecule has 0 radical (unpaired) electrons. The Hall–Kier alpha value is -0.560. The molecular weight excluding hydrogens is 152 g/mol. The first-order valence-electron chi connectivity index (χ1n) is 4.32. The fourth-order valence-electron chi connectivity index (χ4n) is 0.925. The van der Waals surface area contributed by atoms with E-state index in [1.165, 1.54) is 0 Å². The summed E-state index contributed by atoms with van der Waals surface area (Å²) in [5.74, 6) is 7.91. The molecule has 0 aromatic heterocycles. The van der Waals surface area contributed by atoms with Gasteiger partial charge < -0.3 is 4.74 Å². The van der Waals surface area contributed by atoms with Gasteiger partial charge in [0.25, 0.3) is 0 Å². The maximum Gasteiger partial charge on any atom is 0.0632 e. The molecule has 0 saturated heterocycles. The largest absolute Gasteiger partial charge is 0.380 e. The number of nitrogens with two attached hydrogens (primary N) is 1. The highest BCUT2D eigenvalue weighted by molar-refractivity contribution is 4.83. The van der Waals surface area contributed by atoms with Crippen LogP contribution in [0, 0.1) is 12.3 Å². The zero-order valence-corrected chi connectivity index (χ0v) is 7.68. The molecule has 0 aromatic carbocycles. The highest BCUT2D eigenvalue weighted by Crippen LogP contribution is 1.99. The Balaban J connectivity index is 3.34. The number of rotatable bonds is 7. The predicted octanol–water partition coefficient (Wildman–Crippen LogP) is 0.658. The zero-order chi connectivity index (χ0) is 9.23. The number of terminal acetylenes is 1. The Morgan fingerprint density at radius 3 is 2.92 bits per heavy atom. The number of hydrazine groups is 1. The van der Waals surface area contributed by atoms with Crippen LogP contribution in [0.5, 0.6) is 0 Å². The van der Waals surface area contributed by atoms with Crippen LogP contribution in [0.2, 0.25) is 0 Å². The van der Waals surface area contributed by atoms with Gasteiger partial charge >= 0.3 is 0 Å². The summed E-state index contributed by atoms with van der Waals surface area (Å²) in [6.07, 6.45) is 7.90. The maximum atomic E-state index is 5.31. The van der Waals surface area contributed by atoms with Crippen molar-refractivity contribution in [3.63, 3.8) is 0 Å². The average Bonchev–Trinajstić information content (AvgIpc) is 2.11. The quantitative estimate of drug-likeness (QED) is 0.255. The Labute approximate surface area is 74.6 Å². The summed E-state index contributed by atoms with van der Waals surface area (Å²) in [5, 5.41) is 0. The number of ether oxygens (including phenoxy) is 1. The van der Waals surface area contributed by atoms with Gasteiger partial charge in [-0.05, 0) is 19.8 Å². The molecule has 3 heteroatoms. The summed E-state index contributed by atoms with van der Waals surface area (Å²) >= 11 is 0. The van der Waals surface area contributed by atoms with Crippen molar-refractivity contribution < 1.29 is 4.74 Å². The van der Waals surface area contributed by atoms with Crippen molar-refractivity contribution in [2.45, 2.75) is 32.2 Å². The predicted molar refractivity (Wildman–Crippen MR) is 50.3 cm³/mol. The lowest BCUT2D eigenvalue weighted by molar-refractivity contribution is 0.119. The molecule has 0 saturated carbocycles. The van der Waals surface area contributed by atoms with Crippen molar-refractivity contribution in [2.24, 2.45) is 5.84 Å². The van der Waals surface area contributed by atoms with Crippen LogP contribution < -0.4 is 11.3 Å². The Bertz CT molecular complexity index is 131. The lowest BCUT2D eigenvalue weighted by atomic mass is 10.1. The molecule has 3 nitrogen and oxygen atoms in total. The number of unbranched alkanes of at least 4 members (excludes halogenated alkanes) is 1. The summed E-state index contributed by atoms with van der Waals surface area (Å²) in [5.41, 5.74) is 2.70. The summed E-state index contributed by atoms with van der Waals surface area (Å²) in [6.45, 7) is 3.36. The van der Waals surface area contributed by atoms with Crippen LogP contribution in [0.4, 0.5) is 0 Å². The van der Waals surface area contributed by atoms with Crippen molar-refractivity contribution in [2.75, 3.05) is 13.2 Å². The first kappa shape index (κ1) is 11.4. The van der Waals surface area contributed by atoms with E-state index in [9.17, 15) is 0 Å². The molecule has 0 aliphatic carbocycles. The minimum atomic E-state index is 0.235.